The van der Waals surface area contributed by atoms with Crippen molar-refractivity contribution >= 4 is 5.97 Å². The van der Waals surface area contributed by atoms with Crippen molar-refractivity contribution in [1.82, 2.24) is 0 Å². The van der Waals surface area contributed by atoms with Gasteiger partial charge in [0.05, 0.1) is 11.0 Å². The van der Waals surface area contributed by atoms with Gasteiger partial charge in [-0.25, -0.2) is 4.79 Å². The zero-order chi connectivity index (χ0) is 30.1. The highest BCUT2D eigenvalue weighted by Crippen LogP contribution is 2.77. The summed E-state index contributed by atoms with van der Waals surface area (Å²) in [4.78, 5) is 25.2. The van der Waals surface area contributed by atoms with E-state index in [-0.39, 0.29) is 58.2 Å². The van der Waals surface area contributed by atoms with Gasteiger partial charge in [-0.15, -0.1) is 0 Å². The van der Waals surface area contributed by atoms with E-state index >= 15 is 0 Å². The van der Waals surface area contributed by atoms with Crippen LogP contribution in [0, 0.1) is 51.2 Å². The summed E-state index contributed by atoms with van der Waals surface area (Å²) < 4.78 is 48.6. The van der Waals surface area contributed by atoms with Crippen LogP contribution in [0.15, 0.2) is 27.4 Å². The van der Waals surface area contributed by atoms with E-state index in [0.717, 1.165) is 44.1 Å². The zero-order valence-corrected chi connectivity index (χ0v) is 25.3. The Morgan fingerprint density at radius 3 is 2.27 bits per heavy atom. The van der Waals surface area contributed by atoms with Crippen LogP contribution in [0.3, 0.4) is 0 Å². The number of carboxylic acids is 1. The van der Waals surface area contributed by atoms with E-state index < -0.39 is 39.6 Å². The first-order valence-electron chi connectivity index (χ1n) is 15.5. The fraction of sp³-hybridized carbons (Fsp3) is 0.765. The minimum absolute atomic E-state index is 0.0502. The molecule has 0 aromatic carbocycles. The molecule has 4 nitrogen and oxygen atoms in total. The fourth-order valence-electron chi connectivity index (χ4n) is 12.3. The molecule has 0 unspecified atom stereocenters. The first kappa shape index (κ1) is 29.0. The number of aliphatic carboxylic acids is 1. The molecule has 0 saturated heterocycles. The van der Waals surface area contributed by atoms with E-state index in [2.05, 4.69) is 27.4 Å². The molecule has 0 spiro atoms. The van der Waals surface area contributed by atoms with Crippen LogP contribution in [0.1, 0.15) is 110 Å². The molecule has 9 atom stereocenters. The van der Waals surface area contributed by atoms with Gasteiger partial charge in [-0.2, -0.15) is 13.2 Å². The van der Waals surface area contributed by atoms with Crippen molar-refractivity contribution in [1.29, 1.82) is 0 Å². The van der Waals surface area contributed by atoms with Gasteiger partial charge in [0.25, 0.3) is 0 Å². The highest BCUT2D eigenvalue weighted by Gasteiger charge is 2.72. The van der Waals surface area contributed by atoms with Gasteiger partial charge in [-0.05, 0) is 111 Å². The average Bonchev–Trinajstić information content (AvgIpc) is 3.25. The van der Waals surface area contributed by atoms with E-state index in [1.165, 1.54) is 0 Å². The van der Waals surface area contributed by atoms with Crippen LogP contribution in [0.2, 0.25) is 0 Å². The van der Waals surface area contributed by atoms with Crippen molar-refractivity contribution in [2.24, 2.45) is 51.2 Å². The molecule has 1 N–H and O–H groups in total. The minimum atomic E-state index is -4.63. The number of fused-ring (bicyclic) bond motifs is 8. The lowest BCUT2D eigenvalue weighted by Crippen LogP contribution is -2.67. The smallest absolute Gasteiger partial charge is 0.417 e. The van der Waals surface area contributed by atoms with Gasteiger partial charge < -0.3 is 9.52 Å². The van der Waals surface area contributed by atoms with Gasteiger partial charge >= 0.3 is 17.8 Å². The van der Waals surface area contributed by atoms with Crippen LogP contribution in [-0.2, 0) is 22.8 Å². The Bertz CT molecular complexity index is 1370. The lowest BCUT2D eigenvalue weighted by atomic mass is 9.32. The topological polar surface area (TPSA) is 67.5 Å². The van der Waals surface area contributed by atoms with Crippen LogP contribution in [0.25, 0.3) is 0 Å². The first-order valence-corrected chi connectivity index (χ1v) is 15.5. The van der Waals surface area contributed by atoms with Crippen molar-refractivity contribution in [2.45, 2.75) is 111 Å². The van der Waals surface area contributed by atoms with Crippen molar-refractivity contribution in [3.05, 3.63) is 45.5 Å². The molecule has 4 fully saturated rings. The maximum atomic E-state index is 14.3. The number of hydrogen-bond donors (Lipinski definition) is 1. The Morgan fingerprint density at radius 1 is 0.976 bits per heavy atom. The minimum Gasteiger partial charge on any atom is -0.481 e. The number of rotatable bonds is 2. The highest BCUT2D eigenvalue weighted by atomic mass is 19.4. The van der Waals surface area contributed by atoms with Gasteiger partial charge in [-0.1, -0.05) is 46.8 Å². The van der Waals surface area contributed by atoms with Crippen molar-refractivity contribution in [3.63, 3.8) is 0 Å². The summed E-state index contributed by atoms with van der Waals surface area (Å²) in [7, 11) is 0. The lowest BCUT2D eigenvalue weighted by Gasteiger charge is -2.72. The second-order valence-corrected chi connectivity index (χ2v) is 15.8. The third-order valence-electron chi connectivity index (χ3n) is 14.1. The van der Waals surface area contributed by atoms with Crippen LogP contribution in [-0.4, -0.2) is 11.1 Å². The molecule has 5 aliphatic rings. The van der Waals surface area contributed by atoms with E-state index in [0.29, 0.717) is 18.9 Å². The van der Waals surface area contributed by atoms with Gasteiger partial charge in [0, 0.05) is 17.0 Å². The third kappa shape index (κ3) is 3.53. The summed E-state index contributed by atoms with van der Waals surface area (Å²) >= 11 is 0. The Morgan fingerprint density at radius 2 is 1.66 bits per heavy atom. The molecule has 0 aliphatic heterocycles. The quantitative estimate of drug-likeness (QED) is 0.360. The number of allylic oxidation sites excluding steroid dienone is 1. The largest absolute Gasteiger partial charge is 0.481 e. The monoisotopic (exact) mass is 574 g/mol. The Balaban J connectivity index is 1.47. The second kappa shape index (κ2) is 8.53. The van der Waals surface area contributed by atoms with Crippen molar-refractivity contribution in [3.8, 4) is 0 Å². The predicted octanol–water partition coefficient (Wildman–Crippen LogP) is 8.41. The molecule has 4 saturated carbocycles. The molecule has 0 bridgehead atoms. The van der Waals surface area contributed by atoms with Crippen LogP contribution in [0.5, 0.6) is 0 Å². The Labute approximate surface area is 241 Å². The number of hydrogen-bond acceptors (Lipinski definition) is 3. The zero-order valence-electron chi connectivity index (χ0n) is 25.3. The molecule has 5 aliphatic carbocycles. The molecule has 6 rings (SSSR count). The Hall–Kier alpha value is -2.05. The van der Waals surface area contributed by atoms with Crippen molar-refractivity contribution < 1.29 is 27.5 Å². The summed E-state index contributed by atoms with van der Waals surface area (Å²) in [5, 5.41) is 10.6. The predicted molar refractivity (Wildman–Crippen MR) is 150 cm³/mol. The first-order chi connectivity index (χ1) is 18.8. The molecule has 1 aromatic heterocycles. The van der Waals surface area contributed by atoms with Gasteiger partial charge in [0.1, 0.15) is 5.76 Å². The summed E-state index contributed by atoms with van der Waals surface area (Å²) in [6, 6.07) is 0.642. The van der Waals surface area contributed by atoms with E-state index in [9.17, 15) is 27.9 Å². The summed E-state index contributed by atoms with van der Waals surface area (Å²) in [5.41, 5.74) is -2.64. The number of carboxylic acid groups (broad SMARTS) is 1. The van der Waals surface area contributed by atoms with Crippen LogP contribution in [0.4, 0.5) is 13.2 Å². The fourth-order valence-corrected chi connectivity index (χ4v) is 12.3. The van der Waals surface area contributed by atoms with Gasteiger partial charge in [-0.3, -0.25) is 4.79 Å². The van der Waals surface area contributed by atoms with E-state index in [1.54, 1.807) is 0 Å². The normalized spacial score (nSPS) is 44.6. The molecule has 41 heavy (non-hydrogen) atoms. The molecule has 226 valence electrons. The number of alkyl halides is 3. The highest BCUT2D eigenvalue weighted by molar-refractivity contribution is 5.76. The molecular formula is C34H45F3O4. The maximum absolute atomic E-state index is 14.3. The Kier molecular flexibility index (Phi) is 6.04. The molecule has 1 aromatic rings. The molecule has 1 heterocycles. The second-order valence-electron chi connectivity index (χ2n) is 15.8. The SMILES string of the molecule is C=C(C)[C@@H]1CC[C@]2(C(=O)O)CC[C@]3(C)[C@H](CC[C@@H]4[C@@]5(C)Cc6c(C(F)(F)F)cc(=O)oc6C(C)(C)[C@@H]5CC[C@]43C)[C@@H]12. The van der Waals surface area contributed by atoms with Crippen molar-refractivity contribution in [2.75, 3.05) is 0 Å². The maximum Gasteiger partial charge on any atom is 0.417 e. The number of carbonyl (C=O) groups is 1. The summed E-state index contributed by atoms with van der Waals surface area (Å²) in [6.45, 7) is 17.2. The molecule has 0 amide bonds. The van der Waals surface area contributed by atoms with E-state index in [1.807, 2.05) is 20.8 Å². The molecular weight excluding hydrogens is 529 g/mol. The number of halogens is 3. The van der Waals surface area contributed by atoms with Gasteiger partial charge in [0.15, 0.2) is 0 Å². The lowest BCUT2D eigenvalue weighted by molar-refractivity contribution is -0.229. The third-order valence-corrected chi connectivity index (χ3v) is 14.1. The van der Waals surface area contributed by atoms with Crippen LogP contribution < -0.4 is 5.63 Å². The molecule has 7 heteroatoms. The van der Waals surface area contributed by atoms with E-state index in [4.69, 9.17) is 4.42 Å². The standard InChI is InChI=1S/C34H45F3O4/c1-18(2)19-10-13-33(28(39)40)15-14-31(6)21(26(19)33)8-9-24-30(5)17-20-22(34(35,36)37)16-25(38)41-27(20)29(3,4)23(30)11-12-32(24,31)7/h16,19,21,23-24,26H,1,8-15,17H2,2-7H3,(H,39,40)/t19-,21+,23-,24+,26+,30-,31+,32+,33-/m0/s1. The summed E-state index contributed by atoms with van der Waals surface area (Å²) in [5.74, 6) is 0.284. The average molecular weight is 575 g/mol. The van der Waals surface area contributed by atoms with Gasteiger partial charge in [0.2, 0.25) is 0 Å². The molecule has 0 radical (unpaired) electrons. The summed E-state index contributed by atoms with van der Waals surface area (Å²) in [6.07, 6.45) is 2.23. The van der Waals surface area contributed by atoms with Crippen LogP contribution >= 0.6 is 0 Å².